The van der Waals surface area contributed by atoms with E-state index in [1.807, 2.05) is 24.3 Å². The third-order valence-corrected chi connectivity index (χ3v) is 5.81. The van der Waals surface area contributed by atoms with Crippen molar-refractivity contribution >= 4 is 5.97 Å². The lowest BCUT2D eigenvalue weighted by Crippen LogP contribution is -2.19. The van der Waals surface area contributed by atoms with Crippen LogP contribution in [-0.4, -0.2) is 12.4 Å². The Bertz CT molecular complexity index is 907. The predicted octanol–water partition coefficient (Wildman–Crippen LogP) is 5.51. The summed E-state index contributed by atoms with van der Waals surface area (Å²) in [7, 11) is 0. The van der Waals surface area contributed by atoms with Crippen LogP contribution in [0.3, 0.4) is 0 Å². The van der Waals surface area contributed by atoms with E-state index < -0.39 is 35.2 Å². The molecule has 0 bridgehead atoms. The first-order chi connectivity index (χ1) is 13.2. The second-order valence-electron chi connectivity index (χ2n) is 7.67. The lowest BCUT2D eigenvalue weighted by atomic mass is 9.99. The quantitative estimate of drug-likeness (QED) is 0.615. The number of halogens is 2. The normalized spacial score (nSPS) is 23.5. The first kappa shape index (κ1) is 19.8. The smallest absolute Gasteiger partial charge is 0.311 e. The van der Waals surface area contributed by atoms with Gasteiger partial charge in [-0.2, -0.15) is 5.26 Å². The number of nitrogens with zero attached hydrogens (tertiary/aromatic N) is 1. The minimum absolute atomic E-state index is 0.418. The molecule has 0 aromatic heterocycles. The largest absolute Gasteiger partial charge is 0.457 e. The second-order valence-corrected chi connectivity index (χ2v) is 7.67. The summed E-state index contributed by atoms with van der Waals surface area (Å²) >= 11 is 0. The molecule has 1 saturated carbocycles. The number of rotatable bonds is 6. The van der Waals surface area contributed by atoms with E-state index in [1.165, 1.54) is 6.92 Å². The van der Waals surface area contributed by atoms with Gasteiger partial charge in [-0.25, -0.2) is 8.78 Å². The summed E-state index contributed by atoms with van der Waals surface area (Å²) in [6.45, 7) is 4.60. The highest BCUT2D eigenvalue weighted by Gasteiger charge is 2.76. The Morgan fingerprint density at radius 3 is 2.29 bits per heavy atom. The number of carbonyl (C=O) groups excluding carboxylic acids is 1. The van der Waals surface area contributed by atoms with Crippen LogP contribution in [0.2, 0.25) is 0 Å². The first-order valence-corrected chi connectivity index (χ1v) is 8.93. The summed E-state index contributed by atoms with van der Waals surface area (Å²) in [6.07, 6.45) is -3.85. The molecule has 2 aromatic rings. The third-order valence-electron chi connectivity index (χ3n) is 5.81. The number of ether oxygens (including phenoxy) is 2. The average Bonchev–Trinajstić information content (AvgIpc) is 3.14. The molecular weight excluding hydrogens is 364 g/mol. The lowest BCUT2D eigenvalue weighted by molar-refractivity contribution is -0.150. The number of para-hydroxylation sites is 1. The van der Waals surface area contributed by atoms with E-state index in [0.717, 1.165) is 0 Å². The number of esters is 1. The fourth-order valence-corrected chi connectivity index (χ4v) is 3.68. The van der Waals surface area contributed by atoms with Crippen LogP contribution >= 0.6 is 0 Å². The Morgan fingerprint density at radius 1 is 1.07 bits per heavy atom. The number of nitriles is 1. The molecule has 4 nitrogen and oxygen atoms in total. The molecule has 28 heavy (non-hydrogen) atoms. The van der Waals surface area contributed by atoms with E-state index in [-0.39, 0.29) is 0 Å². The minimum Gasteiger partial charge on any atom is -0.457 e. The Kier molecular flexibility index (Phi) is 5.12. The first-order valence-electron chi connectivity index (χ1n) is 8.93. The van der Waals surface area contributed by atoms with Gasteiger partial charge in [0.05, 0.1) is 5.92 Å². The number of hydrogen-bond acceptors (Lipinski definition) is 4. The molecule has 0 spiro atoms. The molecule has 146 valence electrons. The molecule has 0 aliphatic heterocycles. The number of hydrogen-bond donors (Lipinski definition) is 0. The van der Waals surface area contributed by atoms with Crippen LogP contribution in [0.1, 0.15) is 32.4 Å². The molecule has 3 unspecified atom stereocenters. The zero-order chi connectivity index (χ0) is 20.5. The molecule has 1 aliphatic carbocycles. The van der Waals surface area contributed by atoms with Gasteiger partial charge in [-0.1, -0.05) is 51.1 Å². The molecule has 2 aromatic carbocycles. The van der Waals surface area contributed by atoms with Crippen molar-refractivity contribution in [3.8, 4) is 17.6 Å². The number of alkyl halides is 2. The minimum atomic E-state index is -2.65. The van der Waals surface area contributed by atoms with Crippen molar-refractivity contribution in [2.24, 2.45) is 16.7 Å². The van der Waals surface area contributed by atoms with Gasteiger partial charge in [-0.15, -0.1) is 0 Å². The van der Waals surface area contributed by atoms with E-state index in [2.05, 4.69) is 0 Å². The van der Waals surface area contributed by atoms with Gasteiger partial charge in [0.25, 0.3) is 0 Å². The van der Waals surface area contributed by atoms with Crippen molar-refractivity contribution in [1.82, 2.24) is 0 Å². The van der Waals surface area contributed by atoms with Crippen LogP contribution in [0, 0.1) is 28.1 Å². The SMILES string of the molecule is CC1(C)C(C(=O)OC(C#N)c2cccc(Oc3ccccc3)c2)C1(C)C(F)F. The summed E-state index contributed by atoms with van der Waals surface area (Å²) in [5.41, 5.74) is -1.93. The van der Waals surface area contributed by atoms with E-state index >= 15 is 0 Å². The zero-order valence-electron chi connectivity index (χ0n) is 15.9. The second kappa shape index (κ2) is 7.23. The predicted molar refractivity (Wildman–Crippen MR) is 98.8 cm³/mol. The van der Waals surface area contributed by atoms with Gasteiger partial charge in [-0.3, -0.25) is 4.79 Å². The topological polar surface area (TPSA) is 59.3 Å². The van der Waals surface area contributed by atoms with Gasteiger partial charge < -0.3 is 9.47 Å². The van der Waals surface area contributed by atoms with Crippen molar-refractivity contribution in [3.63, 3.8) is 0 Å². The molecule has 0 saturated heterocycles. The van der Waals surface area contributed by atoms with Crippen molar-refractivity contribution < 1.29 is 23.0 Å². The van der Waals surface area contributed by atoms with Crippen LogP contribution in [-0.2, 0) is 9.53 Å². The zero-order valence-corrected chi connectivity index (χ0v) is 15.9. The van der Waals surface area contributed by atoms with Crippen LogP contribution in [0.4, 0.5) is 8.78 Å². The molecular formula is C22H21F2NO3. The van der Waals surface area contributed by atoms with Gasteiger partial charge in [0.15, 0.2) is 0 Å². The van der Waals surface area contributed by atoms with Gasteiger partial charge in [0, 0.05) is 11.0 Å². The van der Waals surface area contributed by atoms with Crippen LogP contribution in [0.5, 0.6) is 11.5 Å². The van der Waals surface area contributed by atoms with Crippen LogP contribution < -0.4 is 4.74 Å². The van der Waals surface area contributed by atoms with E-state index in [4.69, 9.17) is 9.47 Å². The molecule has 0 radical (unpaired) electrons. The molecule has 3 rings (SSSR count). The monoisotopic (exact) mass is 385 g/mol. The van der Waals surface area contributed by atoms with E-state index in [1.54, 1.807) is 50.2 Å². The Balaban J connectivity index is 1.75. The van der Waals surface area contributed by atoms with E-state index in [0.29, 0.717) is 17.1 Å². The highest BCUT2D eigenvalue weighted by atomic mass is 19.3. The Hall–Kier alpha value is -2.94. The maximum atomic E-state index is 13.4. The van der Waals surface area contributed by atoms with Crippen molar-refractivity contribution in [3.05, 3.63) is 60.2 Å². The standard InChI is InChI=1S/C22H21F2NO3/c1-21(2)18(22(21,3)20(23)24)19(26)28-17(13-25)14-8-7-11-16(12-14)27-15-9-5-4-6-10-15/h4-12,17-18,20H,1-3H3. The fraction of sp³-hybridized carbons (Fsp3) is 0.364. The molecule has 6 heteroatoms. The van der Waals surface area contributed by atoms with Crippen molar-refractivity contribution in [1.29, 1.82) is 5.26 Å². The highest BCUT2D eigenvalue weighted by Crippen LogP contribution is 2.71. The summed E-state index contributed by atoms with van der Waals surface area (Å²) in [6, 6.07) is 17.6. The molecule has 3 atom stereocenters. The summed E-state index contributed by atoms with van der Waals surface area (Å²) in [4.78, 5) is 12.5. The maximum Gasteiger partial charge on any atom is 0.311 e. The molecule has 1 aliphatic rings. The average molecular weight is 385 g/mol. The summed E-state index contributed by atoms with van der Waals surface area (Å²) < 4.78 is 37.9. The molecule has 0 N–H and O–H groups in total. The molecule has 0 amide bonds. The van der Waals surface area contributed by atoms with Crippen LogP contribution in [0.15, 0.2) is 54.6 Å². The Labute approximate surface area is 162 Å². The Morgan fingerprint density at radius 2 is 1.71 bits per heavy atom. The van der Waals surface area contributed by atoms with Gasteiger partial charge in [0.2, 0.25) is 12.5 Å². The molecule has 1 fully saturated rings. The lowest BCUT2D eigenvalue weighted by Gasteiger charge is -2.14. The highest BCUT2D eigenvalue weighted by molar-refractivity contribution is 5.79. The summed E-state index contributed by atoms with van der Waals surface area (Å²) in [5.74, 6) is -0.643. The van der Waals surface area contributed by atoms with Gasteiger partial charge in [-0.05, 0) is 29.7 Å². The fourth-order valence-electron chi connectivity index (χ4n) is 3.68. The number of carbonyl (C=O) groups is 1. The third kappa shape index (κ3) is 3.33. The van der Waals surface area contributed by atoms with Gasteiger partial charge >= 0.3 is 5.97 Å². The van der Waals surface area contributed by atoms with Gasteiger partial charge in [0.1, 0.15) is 17.6 Å². The maximum absolute atomic E-state index is 13.4. The van der Waals surface area contributed by atoms with Crippen LogP contribution in [0.25, 0.3) is 0 Å². The number of benzene rings is 2. The summed E-state index contributed by atoms with van der Waals surface area (Å²) in [5, 5.41) is 9.46. The molecule has 0 heterocycles. The van der Waals surface area contributed by atoms with Crippen molar-refractivity contribution in [2.75, 3.05) is 0 Å². The van der Waals surface area contributed by atoms with Crippen molar-refractivity contribution in [2.45, 2.75) is 33.3 Å². The van der Waals surface area contributed by atoms with E-state index in [9.17, 15) is 18.8 Å².